The van der Waals surface area contributed by atoms with Crippen LogP contribution in [-0.2, 0) is 0 Å². The summed E-state index contributed by atoms with van der Waals surface area (Å²) in [5.41, 5.74) is 4.02. The Morgan fingerprint density at radius 2 is 1.94 bits per heavy atom. The van der Waals surface area contributed by atoms with Crippen molar-refractivity contribution in [2.75, 3.05) is 0 Å². The minimum Gasteiger partial charge on any atom is -0.265 e. The molecule has 0 fully saturated rings. The van der Waals surface area contributed by atoms with E-state index in [0.29, 0.717) is 0 Å². The van der Waals surface area contributed by atoms with E-state index in [0.717, 1.165) is 22.5 Å². The number of aromatic nitrogens is 4. The highest BCUT2D eigenvalue weighted by Gasteiger charge is 2.05. The van der Waals surface area contributed by atoms with Gasteiger partial charge in [-0.25, -0.2) is 9.50 Å². The molecule has 0 spiro atoms. The molecule has 16 heavy (non-hydrogen) atoms. The van der Waals surface area contributed by atoms with Gasteiger partial charge in [-0.05, 0) is 30.7 Å². The second kappa shape index (κ2) is 3.41. The number of pyridine rings is 1. The summed E-state index contributed by atoms with van der Waals surface area (Å²) in [5.74, 6) is 0. The van der Waals surface area contributed by atoms with Crippen LogP contribution in [0.1, 0.15) is 5.56 Å². The first-order valence-corrected chi connectivity index (χ1v) is 5.06. The molecule has 0 amide bonds. The third-order valence-corrected chi connectivity index (χ3v) is 2.53. The van der Waals surface area contributed by atoms with E-state index in [2.05, 4.69) is 15.1 Å². The Morgan fingerprint density at radius 1 is 1.12 bits per heavy atom. The fourth-order valence-electron chi connectivity index (χ4n) is 1.74. The van der Waals surface area contributed by atoms with Gasteiger partial charge in [-0.1, -0.05) is 0 Å². The first-order valence-electron chi connectivity index (χ1n) is 5.06. The van der Waals surface area contributed by atoms with Gasteiger partial charge in [0.05, 0.1) is 5.69 Å². The molecule has 0 radical (unpaired) electrons. The molecule has 0 unspecified atom stereocenters. The number of rotatable bonds is 1. The van der Waals surface area contributed by atoms with Gasteiger partial charge in [-0.2, -0.15) is 5.10 Å². The molecule has 4 heteroatoms. The van der Waals surface area contributed by atoms with Gasteiger partial charge in [0.1, 0.15) is 0 Å². The van der Waals surface area contributed by atoms with Crippen LogP contribution >= 0.6 is 0 Å². The smallest absolute Gasteiger partial charge is 0.153 e. The van der Waals surface area contributed by atoms with Crippen molar-refractivity contribution in [2.24, 2.45) is 0 Å². The van der Waals surface area contributed by atoms with Gasteiger partial charge < -0.3 is 0 Å². The average Bonchev–Trinajstić information content (AvgIpc) is 2.76. The lowest BCUT2D eigenvalue weighted by atomic mass is 10.1. The molecule has 0 saturated heterocycles. The third kappa shape index (κ3) is 1.35. The predicted molar refractivity (Wildman–Crippen MR) is 61.0 cm³/mol. The first-order chi connectivity index (χ1) is 7.84. The van der Waals surface area contributed by atoms with Crippen LogP contribution in [0, 0.1) is 6.92 Å². The Kier molecular flexibility index (Phi) is 1.93. The van der Waals surface area contributed by atoms with E-state index < -0.39 is 0 Å². The zero-order valence-electron chi connectivity index (χ0n) is 8.83. The molecule has 3 rings (SSSR count). The number of imidazole rings is 1. The van der Waals surface area contributed by atoms with Crippen molar-refractivity contribution in [3.05, 3.63) is 48.5 Å². The normalized spacial score (nSPS) is 10.8. The van der Waals surface area contributed by atoms with Crippen molar-refractivity contribution < 1.29 is 0 Å². The van der Waals surface area contributed by atoms with Crippen molar-refractivity contribution in [1.82, 2.24) is 19.6 Å². The molecule has 3 aromatic rings. The van der Waals surface area contributed by atoms with Crippen molar-refractivity contribution in [2.45, 2.75) is 6.92 Å². The molecule has 0 saturated carbocycles. The van der Waals surface area contributed by atoms with Gasteiger partial charge >= 0.3 is 0 Å². The van der Waals surface area contributed by atoms with Crippen LogP contribution in [0.5, 0.6) is 0 Å². The Hall–Kier alpha value is -2.23. The highest BCUT2D eigenvalue weighted by molar-refractivity contribution is 5.63. The zero-order chi connectivity index (χ0) is 11.0. The summed E-state index contributed by atoms with van der Waals surface area (Å²) in [5, 5.41) is 4.53. The summed E-state index contributed by atoms with van der Waals surface area (Å²) in [6.45, 7) is 2.04. The summed E-state index contributed by atoms with van der Waals surface area (Å²) in [6, 6.07) is 5.94. The summed E-state index contributed by atoms with van der Waals surface area (Å²) in [7, 11) is 0. The molecule has 0 aromatic carbocycles. The monoisotopic (exact) mass is 210 g/mol. The maximum Gasteiger partial charge on any atom is 0.153 e. The number of hydrogen-bond acceptors (Lipinski definition) is 3. The number of nitrogens with zero attached hydrogens (tertiary/aromatic N) is 4. The molecule has 0 bridgehead atoms. The van der Waals surface area contributed by atoms with Gasteiger partial charge in [-0.3, -0.25) is 4.98 Å². The highest BCUT2D eigenvalue weighted by Crippen LogP contribution is 2.20. The van der Waals surface area contributed by atoms with E-state index in [9.17, 15) is 0 Å². The molecule has 3 heterocycles. The lowest BCUT2D eigenvalue weighted by Gasteiger charge is -2.05. The van der Waals surface area contributed by atoms with Crippen LogP contribution in [-0.4, -0.2) is 19.6 Å². The van der Waals surface area contributed by atoms with Crippen LogP contribution in [0.15, 0.2) is 43.0 Å². The molecule has 4 nitrogen and oxygen atoms in total. The SMILES string of the molecule is Cc1cc2nccn2nc1-c1ccncc1. The highest BCUT2D eigenvalue weighted by atomic mass is 15.2. The first kappa shape index (κ1) is 9.03. The quantitative estimate of drug-likeness (QED) is 0.617. The third-order valence-electron chi connectivity index (χ3n) is 2.53. The molecule has 0 atom stereocenters. The van der Waals surface area contributed by atoms with Crippen LogP contribution in [0.2, 0.25) is 0 Å². The standard InChI is InChI=1S/C12H10N4/c1-9-8-11-14-6-7-16(11)15-12(9)10-2-4-13-5-3-10/h2-8H,1H3. The van der Waals surface area contributed by atoms with Crippen LogP contribution < -0.4 is 0 Å². The zero-order valence-corrected chi connectivity index (χ0v) is 8.83. The van der Waals surface area contributed by atoms with Gasteiger partial charge in [0.25, 0.3) is 0 Å². The summed E-state index contributed by atoms with van der Waals surface area (Å²) in [6.07, 6.45) is 7.14. The topological polar surface area (TPSA) is 43.1 Å². The molecule has 0 aliphatic carbocycles. The number of fused-ring (bicyclic) bond motifs is 1. The molecule has 0 aliphatic heterocycles. The summed E-state index contributed by atoms with van der Waals surface area (Å²) < 4.78 is 1.78. The Morgan fingerprint density at radius 3 is 2.75 bits per heavy atom. The second-order valence-electron chi connectivity index (χ2n) is 3.64. The van der Waals surface area contributed by atoms with E-state index in [4.69, 9.17) is 0 Å². The second-order valence-corrected chi connectivity index (χ2v) is 3.64. The van der Waals surface area contributed by atoms with Crippen molar-refractivity contribution in [3.63, 3.8) is 0 Å². The van der Waals surface area contributed by atoms with Crippen molar-refractivity contribution >= 4 is 5.65 Å². The molecule has 3 aromatic heterocycles. The van der Waals surface area contributed by atoms with E-state index in [-0.39, 0.29) is 0 Å². The largest absolute Gasteiger partial charge is 0.265 e. The van der Waals surface area contributed by atoms with Crippen molar-refractivity contribution in [3.8, 4) is 11.3 Å². The van der Waals surface area contributed by atoms with E-state index in [1.54, 1.807) is 23.1 Å². The number of aryl methyl sites for hydroxylation is 1. The van der Waals surface area contributed by atoms with Crippen molar-refractivity contribution in [1.29, 1.82) is 0 Å². The van der Waals surface area contributed by atoms with Gasteiger partial charge in [0.2, 0.25) is 0 Å². The van der Waals surface area contributed by atoms with Gasteiger partial charge in [-0.15, -0.1) is 0 Å². The fourth-order valence-corrected chi connectivity index (χ4v) is 1.74. The summed E-state index contributed by atoms with van der Waals surface area (Å²) in [4.78, 5) is 8.21. The molecule has 0 aliphatic rings. The predicted octanol–water partition coefficient (Wildman–Crippen LogP) is 2.10. The fraction of sp³-hybridized carbons (Fsp3) is 0.0833. The van der Waals surface area contributed by atoms with E-state index in [1.165, 1.54) is 0 Å². The summed E-state index contributed by atoms with van der Waals surface area (Å²) >= 11 is 0. The maximum absolute atomic E-state index is 4.53. The van der Waals surface area contributed by atoms with Gasteiger partial charge in [0.15, 0.2) is 5.65 Å². The Bertz CT molecular complexity index is 628. The maximum atomic E-state index is 4.53. The van der Waals surface area contributed by atoms with E-state index in [1.807, 2.05) is 31.3 Å². The van der Waals surface area contributed by atoms with Crippen LogP contribution in [0.3, 0.4) is 0 Å². The minimum absolute atomic E-state index is 0.871. The average molecular weight is 210 g/mol. The lowest BCUT2D eigenvalue weighted by molar-refractivity contribution is 0.933. The van der Waals surface area contributed by atoms with E-state index >= 15 is 0 Å². The minimum atomic E-state index is 0.871. The van der Waals surface area contributed by atoms with Gasteiger partial charge in [0, 0.05) is 30.4 Å². The van der Waals surface area contributed by atoms with Crippen LogP contribution in [0.25, 0.3) is 16.9 Å². The number of hydrogen-bond donors (Lipinski definition) is 0. The molecular formula is C12H10N4. The Labute approximate surface area is 92.6 Å². The van der Waals surface area contributed by atoms with Crippen LogP contribution in [0.4, 0.5) is 0 Å². The lowest BCUT2D eigenvalue weighted by Crippen LogP contribution is -1.96. The molecule has 0 N–H and O–H groups in total. The molecular weight excluding hydrogens is 200 g/mol. The Balaban J connectivity index is 2.27. The molecule has 78 valence electrons.